The van der Waals surface area contributed by atoms with Crippen molar-refractivity contribution in [3.63, 3.8) is 0 Å². The Morgan fingerprint density at radius 1 is 1.47 bits per heavy atom. The fourth-order valence-electron chi connectivity index (χ4n) is 0.941. The van der Waals surface area contributed by atoms with Crippen LogP contribution in [0.4, 0.5) is 0 Å². The monoisotopic (exact) mass is 205 g/mol. The van der Waals surface area contributed by atoms with Crippen LogP contribution in [0.15, 0.2) is 23.1 Å². The van der Waals surface area contributed by atoms with Crippen LogP contribution in [0, 0.1) is 0 Å². The maximum atomic E-state index is 11.1. The molecule has 0 radical (unpaired) electrons. The average Bonchev–Trinajstić information content (AvgIpc) is 2.78. The van der Waals surface area contributed by atoms with E-state index in [4.69, 9.17) is 4.52 Å². The lowest BCUT2D eigenvalue weighted by Crippen LogP contribution is -2.17. The van der Waals surface area contributed by atoms with E-state index in [1.807, 2.05) is 0 Å². The smallest absolute Gasteiger partial charge is 0.316 e. The summed E-state index contributed by atoms with van der Waals surface area (Å²) in [4.78, 5) is 22.8. The lowest BCUT2D eigenvalue weighted by molar-refractivity contribution is 0.0919. The SMILES string of the molecule is CNC(=O)c1nc(-c2cnccn2)no1. The van der Waals surface area contributed by atoms with Crippen molar-refractivity contribution in [2.75, 3.05) is 7.05 Å². The summed E-state index contributed by atoms with van der Waals surface area (Å²) in [5, 5.41) is 5.98. The molecule has 0 spiro atoms. The molecule has 0 aliphatic heterocycles. The van der Waals surface area contributed by atoms with Crippen molar-refractivity contribution in [3.8, 4) is 11.5 Å². The number of carbonyl (C=O) groups is 1. The molecule has 2 rings (SSSR count). The highest BCUT2D eigenvalue weighted by molar-refractivity contribution is 5.89. The number of hydrogen-bond acceptors (Lipinski definition) is 6. The molecule has 0 aliphatic carbocycles. The second-order valence-corrected chi connectivity index (χ2v) is 2.59. The number of rotatable bonds is 2. The molecule has 0 saturated heterocycles. The van der Waals surface area contributed by atoms with E-state index in [0.717, 1.165) is 0 Å². The van der Waals surface area contributed by atoms with Gasteiger partial charge in [0.05, 0.1) is 6.20 Å². The minimum absolute atomic E-state index is 0.0989. The van der Waals surface area contributed by atoms with Crippen molar-refractivity contribution < 1.29 is 9.32 Å². The van der Waals surface area contributed by atoms with Gasteiger partial charge < -0.3 is 9.84 Å². The van der Waals surface area contributed by atoms with Crippen LogP contribution < -0.4 is 5.32 Å². The molecule has 1 amide bonds. The second kappa shape index (κ2) is 3.82. The molecule has 0 aromatic carbocycles. The zero-order chi connectivity index (χ0) is 10.7. The van der Waals surface area contributed by atoms with Gasteiger partial charge in [-0.1, -0.05) is 5.16 Å². The minimum atomic E-state index is -0.433. The Morgan fingerprint density at radius 3 is 3.00 bits per heavy atom. The molecular formula is C8H7N5O2. The third kappa shape index (κ3) is 1.80. The summed E-state index contributed by atoms with van der Waals surface area (Å²) >= 11 is 0. The molecular weight excluding hydrogens is 198 g/mol. The quantitative estimate of drug-likeness (QED) is 0.734. The number of aromatic nitrogens is 4. The predicted molar refractivity (Wildman–Crippen MR) is 48.7 cm³/mol. The van der Waals surface area contributed by atoms with E-state index in [2.05, 4.69) is 25.4 Å². The molecule has 2 aromatic heterocycles. The highest BCUT2D eigenvalue weighted by Gasteiger charge is 2.14. The predicted octanol–water partition coefficient (Wildman–Crippen LogP) is -0.114. The maximum absolute atomic E-state index is 11.1. The van der Waals surface area contributed by atoms with Crippen molar-refractivity contribution >= 4 is 5.91 Å². The summed E-state index contributed by atoms with van der Waals surface area (Å²) in [6.07, 6.45) is 4.52. The molecule has 15 heavy (non-hydrogen) atoms. The number of nitrogens with zero attached hydrogens (tertiary/aromatic N) is 4. The molecule has 0 saturated carbocycles. The van der Waals surface area contributed by atoms with Gasteiger partial charge in [0.25, 0.3) is 0 Å². The zero-order valence-electron chi connectivity index (χ0n) is 7.84. The van der Waals surface area contributed by atoms with E-state index >= 15 is 0 Å². The molecule has 0 fully saturated rings. The molecule has 76 valence electrons. The summed E-state index contributed by atoms with van der Waals surface area (Å²) in [6.45, 7) is 0. The van der Waals surface area contributed by atoms with E-state index in [-0.39, 0.29) is 11.7 Å². The standard InChI is InChI=1S/C8H7N5O2/c1-9-7(14)8-12-6(13-15-8)5-4-10-2-3-11-5/h2-4H,1H3,(H,9,14). The molecule has 2 aromatic rings. The molecule has 0 bridgehead atoms. The van der Waals surface area contributed by atoms with Crippen molar-refractivity contribution in [1.82, 2.24) is 25.4 Å². The number of amides is 1. The first-order chi connectivity index (χ1) is 7.31. The highest BCUT2D eigenvalue weighted by Crippen LogP contribution is 2.10. The van der Waals surface area contributed by atoms with Crippen molar-refractivity contribution in [2.24, 2.45) is 0 Å². The number of hydrogen-bond donors (Lipinski definition) is 1. The second-order valence-electron chi connectivity index (χ2n) is 2.59. The van der Waals surface area contributed by atoms with E-state index in [0.29, 0.717) is 5.69 Å². The Kier molecular flexibility index (Phi) is 2.36. The van der Waals surface area contributed by atoms with E-state index in [9.17, 15) is 4.79 Å². The Labute approximate surface area is 84.6 Å². The van der Waals surface area contributed by atoms with E-state index < -0.39 is 5.91 Å². The van der Waals surface area contributed by atoms with Gasteiger partial charge in [0.2, 0.25) is 5.82 Å². The third-order valence-corrected chi connectivity index (χ3v) is 1.64. The van der Waals surface area contributed by atoms with Gasteiger partial charge in [0, 0.05) is 19.4 Å². The van der Waals surface area contributed by atoms with Crippen molar-refractivity contribution in [1.29, 1.82) is 0 Å². The van der Waals surface area contributed by atoms with E-state index in [1.165, 1.54) is 25.6 Å². The molecule has 0 unspecified atom stereocenters. The Bertz CT molecular complexity index is 467. The zero-order valence-corrected chi connectivity index (χ0v) is 7.84. The molecule has 2 heterocycles. The lowest BCUT2D eigenvalue weighted by Gasteiger charge is -1.89. The molecule has 0 atom stereocenters. The molecule has 1 N–H and O–H groups in total. The average molecular weight is 205 g/mol. The first kappa shape index (κ1) is 9.25. The molecule has 7 heteroatoms. The van der Waals surface area contributed by atoms with Crippen LogP contribution in [-0.4, -0.2) is 33.1 Å². The summed E-state index contributed by atoms with van der Waals surface area (Å²) < 4.78 is 4.73. The fraction of sp³-hybridized carbons (Fsp3) is 0.125. The number of nitrogens with one attached hydrogen (secondary N) is 1. The summed E-state index contributed by atoms with van der Waals surface area (Å²) in [5.41, 5.74) is 0.455. The van der Waals surface area contributed by atoms with Gasteiger partial charge in [-0.3, -0.25) is 9.78 Å². The van der Waals surface area contributed by atoms with Gasteiger partial charge in [-0.25, -0.2) is 4.98 Å². The van der Waals surface area contributed by atoms with Crippen LogP contribution in [-0.2, 0) is 0 Å². The summed E-state index contributed by atoms with van der Waals surface area (Å²) in [5.74, 6) is -0.294. The highest BCUT2D eigenvalue weighted by atomic mass is 16.5. The topological polar surface area (TPSA) is 93.8 Å². The van der Waals surface area contributed by atoms with Crippen LogP contribution >= 0.6 is 0 Å². The third-order valence-electron chi connectivity index (χ3n) is 1.64. The van der Waals surface area contributed by atoms with Gasteiger partial charge >= 0.3 is 11.8 Å². The van der Waals surface area contributed by atoms with Crippen molar-refractivity contribution in [2.45, 2.75) is 0 Å². The van der Waals surface area contributed by atoms with Crippen LogP contribution in [0.5, 0.6) is 0 Å². The van der Waals surface area contributed by atoms with Crippen LogP contribution in [0.3, 0.4) is 0 Å². The first-order valence-corrected chi connectivity index (χ1v) is 4.13. The summed E-state index contributed by atoms with van der Waals surface area (Å²) in [7, 11) is 1.48. The normalized spacial score (nSPS) is 9.93. The van der Waals surface area contributed by atoms with Crippen LogP contribution in [0.1, 0.15) is 10.7 Å². The first-order valence-electron chi connectivity index (χ1n) is 4.13. The largest absolute Gasteiger partial charge is 0.351 e. The van der Waals surface area contributed by atoms with E-state index in [1.54, 1.807) is 0 Å². The Balaban J connectivity index is 2.32. The molecule has 7 nitrogen and oxygen atoms in total. The van der Waals surface area contributed by atoms with Gasteiger partial charge in [0.15, 0.2) is 0 Å². The van der Waals surface area contributed by atoms with Gasteiger partial charge in [-0.05, 0) is 0 Å². The van der Waals surface area contributed by atoms with Gasteiger partial charge in [-0.15, -0.1) is 0 Å². The minimum Gasteiger partial charge on any atom is -0.351 e. The van der Waals surface area contributed by atoms with Crippen LogP contribution in [0.25, 0.3) is 11.5 Å². The maximum Gasteiger partial charge on any atom is 0.316 e. The number of carbonyl (C=O) groups excluding carboxylic acids is 1. The Hall–Kier alpha value is -2.31. The van der Waals surface area contributed by atoms with Crippen molar-refractivity contribution in [3.05, 3.63) is 24.5 Å². The lowest BCUT2D eigenvalue weighted by atomic mass is 10.4. The fourth-order valence-corrected chi connectivity index (χ4v) is 0.941. The van der Waals surface area contributed by atoms with Gasteiger partial charge in [0.1, 0.15) is 5.69 Å². The van der Waals surface area contributed by atoms with Gasteiger partial charge in [-0.2, -0.15) is 4.98 Å². The van der Waals surface area contributed by atoms with Crippen LogP contribution in [0.2, 0.25) is 0 Å². The Morgan fingerprint density at radius 2 is 2.33 bits per heavy atom. The summed E-state index contributed by atoms with van der Waals surface area (Å²) in [6, 6.07) is 0. The molecule has 0 aliphatic rings.